The molecule has 0 aliphatic carbocycles. The number of carbonyl (C=O) groups excluding carboxylic acids is 1. The molecule has 0 fully saturated rings. The Morgan fingerprint density at radius 3 is 2.60 bits per heavy atom. The van der Waals surface area contributed by atoms with E-state index in [1.54, 1.807) is 0 Å². The first-order chi connectivity index (χ1) is 4.77. The minimum absolute atomic E-state index is 0.00413. The molecule has 0 saturated heterocycles. The van der Waals surface area contributed by atoms with Crippen molar-refractivity contribution in [1.82, 2.24) is 5.32 Å². The Hall–Kier alpha value is -0.0200. The van der Waals surface area contributed by atoms with E-state index in [1.807, 2.05) is 7.05 Å². The van der Waals surface area contributed by atoms with Gasteiger partial charge in [0.25, 0.3) is 0 Å². The third-order valence-electron chi connectivity index (χ3n) is 1.32. The molecular weight excluding hydrogens is 146 g/mol. The van der Waals surface area contributed by atoms with Gasteiger partial charge in [-0.1, -0.05) is 6.42 Å². The molecule has 10 heavy (non-hydrogen) atoms. The Balaban J connectivity index is 2.84. The highest BCUT2D eigenvalue weighted by Gasteiger charge is 1.92. The van der Waals surface area contributed by atoms with E-state index < -0.39 is 0 Å². The average molecular weight is 161 g/mol. The molecule has 0 radical (unpaired) electrons. The van der Waals surface area contributed by atoms with Crippen molar-refractivity contribution in [3.05, 3.63) is 0 Å². The van der Waals surface area contributed by atoms with E-state index in [0.29, 0.717) is 6.42 Å². The van der Waals surface area contributed by atoms with E-state index >= 15 is 0 Å². The standard InChI is InChI=1S/C7H15NOS/c1-8-6-4-2-3-5-7(9)10/h8H,2-6H2,1H3,(H,9,10). The maximum atomic E-state index is 10.3. The molecule has 0 unspecified atom stereocenters. The van der Waals surface area contributed by atoms with Gasteiger partial charge in [0, 0.05) is 6.42 Å². The molecule has 0 aromatic carbocycles. The van der Waals surface area contributed by atoms with Crippen LogP contribution in [-0.4, -0.2) is 18.7 Å². The minimum Gasteiger partial charge on any atom is -0.320 e. The van der Waals surface area contributed by atoms with Crippen LogP contribution in [0.15, 0.2) is 0 Å². The molecule has 3 heteroatoms. The van der Waals surface area contributed by atoms with Crippen molar-refractivity contribution in [3.63, 3.8) is 0 Å². The molecule has 1 N–H and O–H groups in total. The number of carbonyl (C=O) groups is 1. The monoisotopic (exact) mass is 161 g/mol. The highest BCUT2D eigenvalue weighted by molar-refractivity contribution is 7.96. The molecule has 0 aromatic heterocycles. The van der Waals surface area contributed by atoms with Gasteiger partial charge in [0.2, 0.25) is 0 Å². The van der Waals surface area contributed by atoms with Crippen LogP contribution in [0.5, 0.6) is 0 Å². The third kappa shape index (κ3) is 7.98. The number of hydrogen-bond acceptors (Lipinski definition) is 2. The van der Waals surface area contributed by atoms with Gasteiger partial charge in [-0.05, 0) is 26.4 Å². The number of unbranched alkanes of at least 4 members (excludes halogenated alkanes) is 2. The van der Waals surface area contributed by atoms with Crippen LogP contribution in [0.25, 0.3) is 0 Å². The van der Waals surface area contributed by atoms with Crippen molar-refractivity contribution in [3.8, 4) is 0 Å². The summed E-state index contributed by atoms with van der Waals surface area (Å²) in [4.78, 5) is 10.3. The first-order valence-corrected chi connectivity index (χ1v) is 4.08. The van der Waals surface area contributed by atoms with Gasteiger partial charge in [0.15, 0.2) is 5.12 Å². The minimum atomic E-state index is 0.00413. The van der Waals surface area contributed by atoms with Crippen LogP contribution in [0, 0.1) is 0 Å². The largest absolute Gasteiger partial charge is 0.320 e. The predicted octanol–water partition coefficient (Wildman–Crippen LogP) is 1.22. The summed E-state index contributed by atoms with van der Waals surface area (Å²) in [7, 11) is 1.93. The van der Waals surface area contributed by atoms with Crippen molar-refractivity contribution >= 4 is 17.7 Å². The van der Waals surface area contributed by atoms with Crippen LogP contribution in [0.2, 0.25) is 0 Å². The second kappa shape index (κ2) is 7.09. The molecule has 0 bridgehead atoms. The Labute approximate surface area is 67.8 Å². The molecule has 0 aliphatic rings. The summed E-state index contributed by atoms with van der Waals surface area (Å²) >= 11 is 3.67. The SMILES string of the molecule is CNCCCCCC(=O)S. The molecule has 0 saturated carbocycles. The Bertz CT molecular complexity index is 95.6. The van der Waals surface area contributed by atoms with Crippen molar-refractivity contribution in [2.24, 2.45) is 0 Å². The molecule has 2 nitrogen and oxygen atoms in total. The predicted molar refractivity (Wildman–Crippen MR) is 46.4 cm³/mol. The van der Waals surface area contributed by atoms with Gasteiger partial charge in [-0.3, -0.25) is 4.79 Å². The molecule has 0 aromatic rings. The number of hydrogen-bond donors (Lipinski definition) is 2. The van der Waals surface area contributed by atoms with E-state index in [9.17, 15) is 4.79 Å². The van der Waals surface area contributed by atoms with Crippen LogP contribution in [0.4, 0.5) is 0 Å². The van der Waals surface area contributed by atoms with Gasteiger partial charge in [0.1, 0.15) is 0 Å². The van der Waals surface area contributed by atoms with Crippen molar-refractivity contribution in [2.75, 3.05) is 13.6 Å². The summed E-state index contributed by atoms with van der Waals surface area (Å²) < 4.78 is 0. The van der Waals surface area contributed by atoms with E-state index in [4.69, 9.17) is 0 Å². The summed E-state index contributed by atoms with van der Waals surface area (Å²) in [5, 5.41) is 3.06. The second-order valence-corrected chi connectivity index (χ2v) is 2.81. The molecular formula is C7H15NOS. The lowest BCUT2D eigenvalue weighted by Gasteiger charge is -1.96. The van der Waals surface area contributed by atoms with Crippen molar-refractivity contribution < 1.29 is 4.79 Å². The van der Waals surface area contributed by atoms with Gasteiger partial charge >= 0.3 is 0 Å². The molecule has 0 aliphatic heterocycles. The molecule has 0 amide bonds. The van der Waals surface area contributed by atoms with Gasteiger partial charge < -0.3 is 5.32 Å². The van der Waals surface area contributed by atoms with Crippen LogP contribution in [0.3, 0.4) is 0 Å². The molecule has 0 atom stereocenters. The van der Waals surface area contributed by atoms with E-state index in [0.717, 1.165) is 25.8 Å². The summed E-state index contributed by atoms with van der Waals surface area (Å²) in [6.07, 6.45) is 3.86. The maximum Gasteiger partial charge on any atom is 0.185 e. The lowest BCUT2D eigenvalue weighted by Crippen LogP contribution is -2.07. The lowest BCUT2D eigenvalue weighted by atomic mass is 10.2. The zero-order valence-corrected chi connectivity index (χ0v) is 7.29. The first-order valence-electron chi connectivity index (χ1n) is 3.63. The summed E-state index contributed by atoms with van der Waals surface area (Å²) in [6, 6.07) is 0. The van der Waals surface area contributed by atoms with Gasteiger partial charge in [0.05, 0.1) is 0 Å². The molecule has 0 heterocycles. The van der Waals surface area contributed by atoms with Gasteiger partial charge in [-0.15, -0.1) is 12.6 Å². The Morgan fingerprint density at radius 1 is 1.40 bits per heavy atom. The smallest absolute Gasteiger partial charge is 0.185 e. The van der Waals surface area contributed by atoms with Crippen molar-refractivity contribution in [2.45, 2.75) is 25.7 Å². The van der Waals surface area contributed by atoms with Gasteiger partial charge in [-0.25, -0.2) is 0 Å². The zero-order valence-electron chi connectivity index (χ0n) is 6.39. The Morgan fingerprint density at radius 2 is 2.10 bits per heavy atom. The lowest BCUT2D eigenvalue weighted by molar-refractivity contribution is -0.110. The van der Waals surface area contributed by atoms with Crippen molar-refractivity contribution in [1.29, 1.82) is 0 Å². The second-order valence-electron chi connectivity index (χ2n) is 2.31. The summed E-state index contributed by atoms with van der Waals surface area (Å²) in [5.41, 5.74) is 0. The quantitative estimate of drug-likeness (QED) is 0.453. The fourth-order valence-electron chi connectivity index (χ4n) is 0.755. The van der Waals surface area contributed by atoms with E-state index in [2.05, 4.69) is 17.9 Å². The fourth-order valence-corrected chi connectivity index (χ4v) is 0.913. The van der Waals surface area contributed by atoms with E-state index in [1.165, 1.54) is 0 Å². The van der Waals surface area contributed by atoms with Crippen LogP contribution in [0.1, 0.15) is 25.7 Å². The molecule has 0 spiro atoms. The number of thiol groups is 1. The molecule has 0 rings (SSSR count). The zero-order chi connectivity index (χ0) is 7.82. The number of rotatable bonds is 6. The van der Waals surface area contributed by atoms with E-state index in [-0.39, 0.29) is 5.12 Å². The first kappa shape index (κ1) is 9.98. The highest BCUT2D eigenvalue weighted by Crippen LogP contribution is 2.00. The van der Waals surface area contributed by atoms with Gasteiger partial charge in [-0.2, -0.15) is 0 Å². The highest BCUT2D eigenvalue weighted by atomic mass is 32.1. The Kier molecular flexibility index (Phi) is 7.08. The summed E-state index contributed by atoms with van der Waals surface area (Å²) in [5.74, 6) is 0. The molecule has 60 valence electrons. The number of nitrogens with one attached hydrogen (secondary N) is 1. The maximum absolute atomic E-state index is 10.3. The average Bonchev–Trinajstić information content (AvgIpc) is 1.87. The fraction of sp³-hybridized carbons (Fsp3) is 0.857. The third-order valence-corrected chi connectivity index (χ3v) is 1.54. The normalized spacial score (nSPS) is 9.80. The van der Waals surface area contributed by atoms with Crippen LogP contribution < -0.4 is 5.32 Å². The summed E-state index contributed by atoms with van der Waals surface area (Å²) in [6.45, 7) is 1.04. The van der Waals surface area contributed by atoms with Crippen LogP contribution in [-0.2, 0) is 4.79 Å². The van der Waals surface area contributed by atoms with Crippen LogP contribution >= 0.6 is 12.6 Å². The topological polar surface area (TPSA) is 29.1 Å².